The lowest BCUT2D eigenvalue weighted by Crippen LogP contribution is -2.46. The fourth-order valence-corrected chi connectivity index (χ4v) is 2.06. The van der Waals surface area contributed by atoms with Gasteiger partial charge in [-0.15, -0.1) is 0 Å². The Kier molecular flexibility index (Phi) is 5.55. The molecule has 5 heteroatoms. The van der Waals surface area contributed by atoms with E-state index in [1.165, 1.54) is 0 Å². The molecule has 0 saturated carbocycles. The molecule has 110 valence electrons. The van der Waals surface area contributed by atoms with E-state index < -0.39 is 0 Å². The number of aliphatic imine (C=N–C) groups is 1. The van der Waals surface area contributed by atoms with E-state index in [1.54, 1.807) is 16.8 Å². The Morgan fingerprint density at radius 2 is 1.75 bits per heavy atom. The Bertz CT molecular complexity index is 488. The number of amides is 2. The molecule has 0 radical (unpaired) electrons. The SMILES string of the molecule is CCN=C(NC(=O)N(C)c1c(C)cccc1C)N(C)C. The van der Waals surface area contributed by atoms with Crippen molar-refractivity contribution in [2.75, 3.05) is 32.6 Å². The number of carbonyl (C=O) groups is 1. The maximum Gasteiger partial charge on any atom is 0.328 e. The van der Waals surface area contributed by atoms with Gasteiger partial charge in [0.1, 0.15) is 0 Å². The lowest BCUT2D eigenvalue weighted by Gasteiger charge is -2.24. The van der Waals surface area contributed by atoms with Gasteiger partial charge in [0.05, 0.1) is 5.69 Å². The van der Waals surface area contributed by atoms with Crippen LogP contribution in [-0.2, 0) is 0 Å². The van der Waals surface area contributed by atoms with Crippen LogP contribution in [0.3, 0.4) is 0 Å². The lowest BCUT2D eigenvalue weighted by atomic mass is 10.1. The standard InChI is InChI=1S/C15H24N4O/c1-7-16-14(18(4)5)17-15(20)19(6)13-11(2)9-8-10-12(13)3/h8-10H,7H2,1-6H3,(H,16,17,20). The molecule has 1 N–H and O–H groups in total. The van der Waals surface area contributed by atoms with E-state index in [4.69, 9.17) is 0 Å². The largest absolute Gasteiger partial charge is 0.349 e. The van der Waals surface area contributed by atoms with Crippen LogP contribution >= 0.6 is 0 Å². The highest BCUT2D eigenvalue weighted by molar-refractivity contribution is 6.04. The predicted molar refractivity (Wildman–Crippen MR) is 84.5 cm³/mol. The van der Waals surface area contributed by atoms with Crippen LogP contribution < -0.4 is 10.2 Å². The molecule has 5 nitrogen and oxygen atoms in total. The van der Waals surface area contributed by atoms with E-state index in [9.17, 15) is 4.79 Å². The summed E-state index contributed by atoms with van der Waals surface area (Å²) >= 11 is 0. The molecular formula is C15H24N4O. The van der Waals surface area contributed by atoms with Gasteiger partial charge in [0.15, 0.2) is 0 Å². The fraction of sp³-hybridized carbons (Fsp3) is 0.467. The molecule has 0 bridgehead atoms. The van der Waals surface area contributed by atoms with Crippen molar-refractivity contribution in [3.05, 3.63) is 29.3 Å². The van der Waals surface area contributed by atoms with Gasteiger partial charge in [-0.25, -0.2) is 4.79 Å². The zero-order valence-corrected chi connectivity index (χ0v) is 13.2. The fourth-order valence-electron chi connectivity index (χ4n) is 2.06. The Balaban J connectivity index is 2.95. The van der Waals surface area contributed by atoms with E-state index in [1.807, 2.05) is 53.1 Å². The number of hydrogen-bond acceptors (Lipinski definition) is 2. The van der Waals surface area contributed by atoms with Gasteiger partial charge in [-0.3, -0.25) is 15.2 Å². The summed E-state index contributed by atoms with van der Waals surface area (Å²) in [5.41, 5.74) is 3.07. The summed E-state index contributed by atoms with van der Waals surface area (Å²) in [6.07, 6.45) is 0. The quantitative estimate of drug-likeness (QED) is 0.666. The highest BCUT2D eigenvalue weighted by Crippen LogP contribution is 2.23. The van der Waals surface area contributed by atoms with Gasteiger partial charge in [-0.2, -0.15) is 0 Å². The first-order valence-corrected chi connectivity index (χ1v) is 6.71. The molecule has 0 saturated heterocycles. The summed E-state index contributed by atoms with van der Waals surface area (Å²) in [4.78, 5) is 20.0. The van der Waals surface area contributed by atoms with Crippen LogP contribution in [0.2, 0.25) is 0 Å². The highest BCUT2D eigenvalue weighted by Gasteiger charge is 2.17. The molecule has 0 aliphatic heterocycles. The molecular weight excluding hydrogens is 252 g/mol. The number of benzene rings is 1. The van der Waals surface area contributed by atoms with E-state index in [0.29, 0.717) is 12.5 Å². The van der Waals surface area contributed by atoms with Gasteiger partial charge < -0.3 is 4.90 Å². The number of carbonyl (C=O) groups excluding carboxylic acids is 1. The van der Waals surface area contributed by atoms with E-state index in [0.717, 1.165) is 16.8 Å². The summed E-state index contributed by atoms with van der Waals surface area (Å²) in [5.74, 6) is 0.565. The Hall–Kier alpha value is -2.04. The molecule has 0 aromatic heterocycles. The molecule has 0 aliphatic rings. The van der Waals surface area contributed by atoms with Gasteiger partial charge in [-0.1, -0.05) is 18.2 Å². The van der Waals surface area contributed by atoms with Crippen molar-refractivity contribution in [1.29, 1.82) is 0 Å². The van der Waals surface area contributed by atoms with Crippen LogP contribution in [0, 0.1) is 13.8 Å². The van der Waals surface area contributed by atoms with Crippen LogP contribution in [0.15, 0.2) is 23.2 Å². The number of aryl methyl sites for hydroxylation is 2. The van der Waals surface area contributed by atoms with Crippen molar-refractivity contribution in [2.45, 2.75) is 20.8 Å². The summed E-state index contributed by atoms with van der Waals surface area (Å²) in [7, 11) is 5.48. The first-order valence-electron chi connectivity index (χ1n) is 6.71. The van der Waals surface area contributed by atoms with Gasteiger partial charge in [0.25, 0.3) is 0 Å². The highest BCUT2D eigenvalue weighted by atomic mass is 16.2. The first kappa shape index (κ1) is 16.0. The Morgan fingerprint density at radius 1 is 1.20 bits per heavy atom. The average molecular weight is 276 g/mol. The number of para-hydroxylation sites is 1. The second-order valence-electron chi connectivity index (χ2n) is 4.92. The molecule has 20 heavy (non-hydrogen) atoms. The molecule has 0 atom stereocenters. The summed E-state index contributed by atoms with van der Waals surface area (Å²) in [5, 5.41) is 2.83. The molecule has 0 aliphatic carbocycles. The van der Waals surface area contributed by atoms with Crippen molar-refractivity contribution in [2.24, 2.45) is 4.99 Å². The van der Waals surface area contributed by atoms with Crippen LogP contribution in [0.25, 0.3) is 0 Å². The topological polar surface area (TPSA) is 47.9 Å². The zero-order valence-electron chi connectivity index (χ0n) is 13.2. The van der Waals surface area contributed by atoms with Crippen molar-refractivity contribution >= 4 is 17.7 Å². The number of guanidine groups is 1. The van der Waals surface area contributed by atoms with Crippen LogP contribution in [-0.4, -0.2) is 44.6 Å². The van der Waals surface area contributed by atoms with Crippen molar-refractivity contribution in [3.8, 4) is 0 Å². The van der Waals surface area contributed by atoms with Crippen molar-refractivity contribution in [1.82, 2.24) is 10.2 Å². The minimum atomic E-state index is -0.191. The second-order valence-corrected chi connectivity index (χ2v) is 4.92. The third kappa shape index (κ3) is 3.73. The first-order chi connectivity index (χ1) is 9.38. The second kappa shape index (κ2) is 6.93. The molecule has 0 unspecified atom stereocenters. The molecule has 0 spiro atoms. The van der Waals surface area contributed by atoms with Crippen LogP contribution in [0.1, 0.15) is 18.1 Å². The molecule has 1 aromatic carbocycles. The Labute approximate surface area is 121 Å². The molecule has 0 heterocycles. The number of rotatable bonds is 2. The van der Waals surface area contributed by atoms with Gasteiger partial charge >= 0.3 is 6.03 Å². The Morgan fingerprint density at radius 3 is 2.20 bits per heavy atom. The van der Waals surface area contributed by atoms with Crippen LogP contribution in [0.5, 0.6) is 0 Å². The zero-order chi connectivity index (χ0) is 15.3. The maximum absolute atomic E-state index is 12.3. The van der Waals surface area contributed by atoms with Crippen molar-refractivity contribution in [3.63, 3.8) is 0 Å². The van der Waals surface area contributed by atoms with E-state index in [-0.39, 0.29) is 6.03 Å². The molecule has 1 rings (SSSR count). The van der Waals surface area contributed by atoms with E-state index >= 15 is 0 Å². The van der Waals surface area contributed by atoms with E-state index in [2.05, 4.69) is 10.3 Å². The number of hydrogen-bond donors (Lipinski definition) is 1. The molecule has 0 fully saturated rings. The lowest BCUT2D eigenvalue weighted by molar-refractivity contribution is 0.250. The number of urea groups is 1. The summed E-state index contributed by atoms with van der Waals surface area (Å²) < 4.78 is 0. The third-order valence-electron chi connectivity index (χ3n) is 3.03. The van der Waals surface area contributed by atoms with Crippen LogP contribution in [0.4, 0.5) is 10.5 Å². The summed E-state index contributed by atoms with van der Waals surface area (Å²) in [6.45, 7) is 6.56. The molecule has 2 amide bonds. The molecule has 1 aromatic rings. The normalized spacial score (nSPS) is 11.2. The van der Waals surface area contributed by atoms with Crippen molar-refractivity contribution < 1.29 is 4.79 Å². The smallest absolute Gasteiger partial charge is 0.328 e. The minimum absolute atomic E-state index is 0.191. The van der Waals surface area contributed by atoms with Gasteiger partial charge in [0.2, 0.25) is 5.96 Å². The average Bonchev–Trinajstić information content (AvgIpc) is 2.37. The van der Waals surface area contributed by atoms with Gasteiger partial charge in [0, 0.05) is 27.7 Å². The minimum Gasteiger partial charge on any atom is -0.349 e. The number of nitrogens with zero attached hydrogens (tertiary/aromatic N) is 3. The monoisotopic (exact) mass is 276 g/mol. The maximum atomic E-state index is 12.3. The number of anilines is 1. The third-order valence-corrected chi connectivity index (χ3v) is 3.03. The van der Waals surface area contributed by atoms with Gasteiger partial charge in [-0.05, 0) is 31.9 Å². The number of nitrogens with one attached hydrogen (secondary N) is 1. The predicted octanol–water partition coefficient (Wildman–Crippen LogP) is 2.39. The summed E-state index contributed by atoms with van der Waals surface area (Å²) in [6, 6.07) is 5.80.